The minimum Gasteiger partial charge on any atom is -0.313 e. The van der Waals surface area contributed by atoms with Crippen molar-refractivity contribution in [2.24, 2.45) is 5.92 Å². The molecule has 2 nitrogen and oxygen atoms in total. The van der Waals surface area contributed by atoms with Gasteiger partial charge in [-0.1, -0.05) is 26.2 Å². The molecular formula is C14H22N2. The number of aromatic nitrogens is 1. The SMILES string of the molecule is CCc1cnccc1C(CC1CCC1)NC. The summed E-state index contributed by atoms with van der Waals surface area (Å²) >= 11 is 0. The van der Waals surface area contributed by atoms with Crippen molar-refractivity contribution < 1.29 is 0 Å². The van der Waals surface area contributed by atoms with Crippen molar-refractivity contribution in [1.82, 2.24) is 10.3 Å². The van der Waals surface area contributed by atoms with Crippen molar-refractivity contribution in [3.8, 4) is 0 Å². The minimum atomic E-state index is 0.517. The first-order valence-corrected chi connectivity index (χ1v) is 6.45. The lowest BCUT2D eigenvalue weighted by atomic mass is 9.79. The lowest BCUT2D eigenvalue weighted by Crippen LogP contribution is -2.24. The molecule has 2 heteroatoms. The Bertz CT molecular complexity index is 331. The number of pyridine rings is 1. The summed E-state index contributed by atoms with van der Waals surface area (Å²) in [6.07, 6.45) is 10.6. The molecule has 16 heavy (non-hydrogen) atoms. The summed E-state index contributed by atoms with van der Waals surface area (Å²) in [6, 6.07) is 2.70. The Hall–Kier alpha value is -0.890. The van der Waals surface area contributed by atoms with Gasteiger partial charge in [0.1, 0.15) is 0 Å². The van der Waals surface area contributed by atoms with E-state index in [-0.39, 0.29) is 0 Å². The van der Waals surface area contributed by atoms with Crippen molar-refractivity contribution in [3.05, 3.63) is 29.6 Å². The zero-order chi connectivity index (χ0) is 11.4. The largest absolute Gasteiger partial charge is 0.313 e. The van der Waals surface area contributed by atoms with E-state index in [2.05, 4.69) is 30.3 Å². The molecule has 1 aliphatic rings. The maximum absolute atomic E-state index is 4.22. The molecule has 0 saturated heterocycles. The van der Waals surface area contributed by atoms with E-state index in [4.69, 9.17) is 0 Å². The lowest BCUT2D eigenvalue weighted by Gasteiger charge is -2.30. The van der Waals surface area contributed by atoms with E-state index in [1.165, 1.54) is 36.8 Å². The molecule has 1 heterocycles. The molecule has 0 amide bonds. The van der Waals surface area contributed by atoms with Crippen LogP contribution in [-0.4, -0.2) is 12.0 Å². The molecule has 2 rings (SSSR count). The van der Waals surface area contributed by atoms with Crippen LogP contribution in [0, 0.1) is 5.92 Å². The molecule has 1 aliphatic carbocycles. The predicted molar refractivity (Wildman–Crippen MR) is 67.4 cm³/mol. The van der Waals surface area contributed by atoms with Crippen molar-refractivity contribution in [3.63, 3.8) is 0 Å². The van der Waals surface area contributed by atoms with Crippen molar-refractivity contribution in [2.45, 2.75) is 45.1 Å². The fourth-order valence-corrected chi connectivity index (χ4v) is 2.54. The second kappa shape index (κ2) is 5.44. The van der Waals surface area contributed by atoms with E-state index in [0.29, 0.717) is 6.04 Å². The Kier molecular flexibility index (Phi) is 3.94. The fourth-order valence-electron chi connectivity index (χ4n) is 2.54. The van der Waals surface area contributed by atoms with Crippen LogP contribution in [0.5, 0.6) is 0 Å². The van der Waals surface area contributed by atoms with E-state index in [0.717, 1.165) is 12.3 Å². The van der Waals surface area contributed by atoms with Crippen LogP contribution in [0.3, 0.4) is 0 Å². The highest BCUT2D eigenvalue weighted by molar-refractivity contribution is 5.26. The number of nitrogens with one attached hydrogen (secondary N) is 1. The van der Waals surface area contributed by atoms with E-state index in [1.54, 1.807) is 0 Å². The summed E-state index contributed by atoms with van der Waals surface area (Å²) in [7, 11) is 2.07. The standard InChI is InChI=1S/C14H22N2/c1-3-12-10-16-8-7-13(12)14(15-2)9-11-5-4-6-11/h7-8,10-11,14-15H,3-6,9H2,1-2H3. The van der Waals surface area contributed by atoms with Gasteiger partial charge in [-0.3, -0.25) is 4.98 Å². The van der Waals surface area contributed by atoms with Crippen molar-refractivity contribution in [1.29, 1.82) is 0 Å². The highest BCUT2D eigenvalue weighted by atomic mass is 14.9. The minimum absolute atomic E-state index is 0.517. The van der Waals surface area contributed by atoms with Crippen molar-refractivity contribution in [2.75, 3.05) is 7.05 Å². The van der Waals surface area contributed by atoms with Crippen LogP contribution in [0.25, 0.3) is 0 Å². The molecule has 1 aromatic heterocycles. The third kappa shape index (κ3) is 2.43. The summed E-state index contributed by atoms with van der Waals surface area (Å²) in [4.78, 5) is 4.22. The van der Waals surface area contributed by atoms with Gasteiger partial charge in [-0.2, -0.15) is 0 Å². The molecule has 0 spiro atoms. The third-order valence-electron chi connectivity index (χ3n) is 3.84. The Morgan fingerprint density at radius 3 is 2.88 bits per heavy atom. The van der Waals surface area contributed by atoms with E-state index in [1.807, 2.05) is 12.4 Å². The maximum Gasteiger partial charge on any atom is 0.0324 e. The maximum atomic E-state index is 4.22. The monoisotopic (exact) mass is 218 g/mol. The van der Waals surface area contributed by atoms with Gasteiger partial charge in [-0.15, -0.1) is 0 Å². The zero-order valence-electron chi connectivity index (χ0n) is 10.4. The molecule has 1 atom stereocenters. The normalized spacial score (nSPS) is 18.1. The van der Waals surface area contributed by atoms with E-state index < -0.39 is 0 Å². The summed E-state index contributed by atoms with van der Waals surface area (Å²) < 4.78 is 0. The first-order valence-electron chi connectivity index (χ1n) is 6.45. The number of aryl methyl sites for hydroxylation is 1. The van der Waals surface area contributed by atoms with Crippen LogP contribution < -0.4 is 5.32 Å². The van der Waals surface area contributed by atoms with E-state index in [9.17, 15) is 0 Å². The molecule has 1 saturated carbocycles. The summed E-state index contributed by atoms with van der Waals surface area (Å²) in [5.41, 5.74) is 2.84. The fraction of sp³-hybridized carbons (Fsp3) is 0.643. The van der Waals surface area contributed by atoms with E-state index >= 15 is 0 Å². The van der Waals surface area contributed by atoms with Crippen LogP contribution in [0.2, 0.25) is 0 Å². The van der Waals surface area contributed by atoms with Gasteiger partial charge in [0.15, 0.2) is 0 Å². The Balaban J connectivity index is 2.11. The summed E-state index contributed by atoms with van der Waals surface area (Å²) in [5, 5.41) is 3.46. The van der Waals surface area contributed by atoms with Crippen LogP contribution in [0.1, 0.15) is 49.8 Å². The van der Waals surface area contributed by atoms with Crippen LogP contribution in [0.15, 0.2) is 18.5 Å². The first-order chi connectivity index (χ1) is 7.85. The van der Waals surface area contributed by atoms with Gasteiger partial charge in [0.2, 0.25) is 0 Å². The van der Waals surface area contributed by atoms with Crippen molar-refractivity contribution >= 4 is 0 Å². The zero-order valence-corrected chi connectivity index (χ0v) is 10.4. The third-order valence-corrected chi connectivity index (χ3v) is 3.84. The lowest BCUT2D eigenvalue weighted by molar-refractivity contribution is 0.265. The highest BCUT2D eigenvalue weighted by Crippen LogP contribution is 2.35. The number of rotatable bonds is 5. The number of hydrogen-bond donors (Lipinski definition) is 1. The quantitative estimate of drug-likeness (QED) is 0.821. The molecule has 0 aromatic carbocycles. The first kappa shape index (κ1) is 11.6. The number of hydrogen-bond acceptors (Lipinski definition) is 2. The average Bonchev–Trinajstić information content (AvgIpc) is 2.28. The Morgan fingerprint density at radius 1 is 1.50 bits per heavy atom. The van der Waals surface area contributed by atoms with Gasteiger partial charge in [0.25, 0.3) is 0 Å². The molecule has 0 bridgehead atoms. The second-order valence-corrected chi connectivity index (χ2v) is 4.80. The Labute approximate surface area is 98.5 Å². The topological polar surface area (TPSA) is 24.9 Å². The molecule has 1 N–H and O–H groups in total. The second-order valence-electron chi connectivity index (χ2n) is 4.80. The molecular weight excluding hydrogens is 196 g/mol. The van der Waals surface area contributed by atoms with Crippen LogP contribution >= 0.6 is 0 Å². The number of nitrogens with zero attached hydrogens (tertiary/aromatic N) is 1. The molecule has 88 valence electrons. The molecule has 0 aliphatic heterocycles. The Morgan fingerprint density at radius 2 is 2.31 bits per heavy atom. The van der Waals surface area contributed by atoms with Gasteiger partial charge in [-0.05, 0) is 43.0 Å². The smallest absolute Gasteiger partial charge is 0.0324 e. The van der Waals surface area contributed by atoms with Crippen LogP contribution in [-0.2, 0) is 6.42 Å². The predicted octanol–water partition coefficient (Wildman–Crippen LogP) is 3.09. The summed E-state index contributed by atoms with van der Waals surface area (Å²) in [6.45, 7) is 2.20. The summed E-state index contributed by atoms with van der Waals surface area (Å²) in [5.74, 6) is 0.940. The van der Waals surface area contributed by atoms with Gasteiger partial charge < -0.3 is 5.32 Å². The average molecular weight is 218 g/mol. The molecule has 1 unspecified atom stereocenters. The van der Waals surface area contributed by atoms with Gasteiger partial charge >= 0.3 is 0 Å². The van der Waals surface area contributed by atoms with Gasteiger partial charge in [0, 0.05) is 18.4 Å². The molecule has 0 radical (unpaired) electrons. The highest BCUT2D eigenvalue weighted by Gasteiger charge is 2.23. The molecule has 1 aromatic rings. The molecule has 1 fully saturated rings. The van der Waals surface area contributed by atoms with Crippen LogP contribution in [0.4, 0.5) is 0 Å². The van der Waals surface area contributed by atoms with Gasteiger partial charge in [0.05, 0.1) is 0 Å². The van der Waals surface area contributed by atoms with Gasteiger partial charge in [-0.25, -0.2) is 0 Å².